The van der Waals surface area contributed by atoms with Gasteiger partial charge in [0.15, 0.2) is 0 Å². The number of hydrogen-bond donors (Lipinski definition) is 1. The first-order chi connectivity index (χ1) is 12.6. The minimum Gasteiger partial charge on any atom is -0.351 e. The van der Waals surface area contributed by atoms with Crippen LogP contribution in [0.4, 0.5) is 9.18 Å². The van der Waals surface area contributed by atoms with Crippen molar-refractivity contribution in [3.05, 3.63) is 54.4 Å². The minimum atomic E-state index is -0.719. The van der Waals surface area contributed by atoms with Gasteiger partial charge in [-0.25, -0.2) is 14.2 Å². The van der Waals surface area contributed by atoms with Gasteiger partial charge in [0.05, 0.1) is 0 Å². The van der Waals surface area contributed by atoms with Crippen molar-refractivity contribution in [3.63, 3.8) is 0 Å². The standard InChI is InChI=1S/C20H20FN4O/c21-18-5-2-7-24(13-18)12-14-3-1-4-15(9-14)17-10-16-6-8-25(20(22)26)19(16)23-11-17/h1,3-4,8-11,18H,2,5,7,12-13H2,(H2,22,26). The third-order valence-corrected chi connectivity index (χ3v) is 4.80. The van der Waals surface area contributed by atoms with Crippen molar-refractivity contribution in [1.82, 2.24) is 14.5 Å². The number of halogens is 1. The predicted octanol–water partition coefficient (Wildman–Crippen LogP) is 3.36. The maximum absolute atomic E-state index is 13.6. The third kappa shape index (κ3) is 3.32. The summed E-state index contributed by atoms with van der Waals surface area (Å²) in [5, 5.41) is 0.739. The van der Waals surface area contributed by atoms with Gasteiger partial charge in [-0.3, -0.25) is 9.47 Å². The Balaban J connectivity index is 1.59. The Bertz CT molecular complexity index is 952. The molecule has 3 heterocycles. The number of carbonyl (C=O) groups excluding carboxylic acids is 1. The molecule has 2 aromatic heterocycles. The second-order valence-corrected chi connectivity index (χ2v) is 6.75. The van der Waals surface area contributed by atoms with Crippen LogP contribution in [0.5, 0.6) is 0 Å². The van der Waals surface area contributed by atoms with Crippen LogP contribution in [-0.2, 0) is 6.54 Å². The quantitative estimate of drug-likeness (QED) is 0.787. The molecule has 1 fully saturated rings. The Morgan fingerprint density at radius 1 is 1.35 bits per heavy atom. The molecule has 2 N–H and O–H groups in total. The molecule has 3 aromatic rings. The maximum Gasteiger partial charge on any atom is 0.324 e. The molecule has 1 amide bonds. The van der Waals surface area contributed by atoms with E-state index in [4.69, 9.17) is 5.73 Å². The lowest BCUT2D eigenvalue weighted by atomic mass is 10.0. The molecule has 0 bridgehead atoms. The summed E-state index contributed by atoms with van der Waals surface area (Å²) in [5.74, 6) is 0. The molecule has 5 nitrogen and oxygen atoms in total. The van der Waals surface area contributed by atoms with Gasteiger partial charge in [0.2, 0.25) is 0 Å². The SMILES string of the molecule is NC(=O)n1c[c]c2cc(-c3cccc(CN4CCCC(F)C4)c3)cnc21. The van der Waals surface area contributed by atoms with E-state index in [0.29, 0.717) is 18.6 Å². The van der Waals surface area contributed by atoms with Crippen molar-refractivity contribution in [2.75, 3.05) is 13.1 Å². The highest BCUT2D eigenvalue weighted by Gasteiger charge is 2.19. The lowest BCUT2D eigenvalue weighted by Crippen LogP contribution is -2.35. The summed E-state index contributed by atoms with van der Waals surface area (Å²) in [4.78, 5) is 17.9. The summed E-state index contributed by atoms with van der Waals surface area (Å²) in [6.45, 7) is 2.19. The average molecular weight is 351 g/mol. The number of benzene rings is 1. The number of nitrogens with zero attached hydrogens (tertiary/aromatic N) is 3. The second-order valence-electron chi connectivity index (χ2n) is 6.75. The van der Waals surface area contributed by atoms with Gasteiger partial charge in [-0.2, -0.15) is 0 Å². The highest BCUT2D eigenvalue weighted by Crippen LogP contribution is 2.25. The number of rotatable bonds is 3. The molecule has 1 saturated heterocycles. The van der Waals surface area contributed by atoms with Gasteiger partial charge in [0.25, 0.3) is 0 Å². The van der Waals surface area contributed by atoms with Crippen LogP contribution in [0, 0.1) is 6.07 Å². The molecular formula is C20H20FN4O. The molecular weight excluding hydrogens is 331 g/mol. The number of pyridine rings is 1. The van der Waals surface area contributed by atoms with E-state index in [1.54, 1.807) is 6.20 Å². The lowest BCUT2D eigenvalue weighted by molar-refractivity contribution is 0.133. The molecule has 1 aliphatic rings. The van der Waals surface area contributed by atoms with E-state index < -0.39 is 12.2 Å². The number of fused-ring (bicyclic) bond motifs is 1. The van der Waals surface area contributed by atoms with Gasteiger partial charge < -0.3 is 5.73 Å². The highest BCUT2D eigenvalue weighted by molar-refractivity contribution is 5.90. The molecule has 1 unspecified atom stereocenters. The molecule has 1 atom stereocenters. The number of likely N-dealkylation sites (tertiary alicyclic amines) is 1. The molecule has 0 aliphatic carbocycles. The number of alkyl halides is 1. The average Bonchev–Trinajstić information content (AvgIpc) is 3.05. The zero-order valence-electron chi connectivity index (χ0n) is 14.4. The Labute approximate surface area is 151 Å². The molecule has 26 heavy (non-hydrogen) atoms. The van der Waals surface area contributed by atoms with Gasteiger partial charge in [-0.15, -0.1) is 0 Å². The number of primary amides is 1. The van der Waals surface area contributed by atoms with Crippen molar-refractivity contribution in [2.45, 2.75) is 25.6 Å². The van der Waals surface area contributed by atoms with Crippen molar-refractivity contribution >= 4 is 17.1 Å². The fourth-order valence-corrected chi connectivity index (χ4v) is 3.53. The smallest absolute Gasteiger partial charge is 0.324 e. The van der Waals surface area contributed by atoms with E-state index in [1.165, 1.54) is 10.8 Å². The second kappa shape index (κ2) is 6.88. The summed E-state index contributed by atoms with van der Waals surface area (Å²) in [7, 11) is 0. The van der Waals surface area contributed by atoms with Crippen LogP contribution in [-0.4, -0.2) is 39.7 Å². The van der Waals surface area contributed by atoms with Crippen molar-refractivity contribution in [1.29, 1.82) is 0 Å². The van der Waals surface area contributed by atoms with Crippen LogP contribution in [0.3, 0.4) is 0 Å². The Hall–Kier alpha value is -2.73. The molecule has 1 radical (unpaired) electrons. The first-order valence-electron chi connectivity index (χ1n) is 8.74. The summed E-state index contributed by atoms with van der Waals surface area (Å²) >= 11 is 0. The van der Waals surface area contributed by atoms with Crippen molar-refractivity contribution in [3.8, 4) is 11.1 Å². The predicted molar refractivity (Wildman–Crippen MR) is 98.4 cm³/mol. The summed E-state index contributed by atoms with van der Waals surface area (Å²) in [6, 6.07) is 12.6. The van der Waals surface area contributed by atoms with E-state index in [1.807, 2.05) is 18.2 Å². The zero-order valence-corrected chi connectivity index (χ0v) is 14.4. The third-order valence-electron chi connectivity index (χ3n) is 4.80. The van der Waals surface area contributed by atoms with Crippen LogP contribution >= 0.6 is 0 Å². The normalized spacial score (nSPS) is 18.3. The van der Waals surface area contributed by atoms with Gasteiger partial charge in [-0.1, -0.05) is 18.2 Å². The number of piperidine rings is 1. The van der Waals surface area contributed by atoms with Crippen molar-refractivity contribution in [2.24, 2.45) is 5.73 Å². The molecule has 1 aliphatic heterocycles. The van der Waals surface area contributed by atoms with Gasteiger partial charge in [0.1, 0.15) is 11.8 Å². The fourth-order valence-electron chi connectivity index (χ4n) is 3.53. The summed E-state index contributed by atoms with van der Waals surface area (Å²) in [6.07, 6.45) is 4.10. The zero-order chi connectivity index (χ0) is 18.1. The summed E-state index contributed by atoms with van der Waals surface area (Å²) < 4.78 is 14.9. The van der Waals surface area contributed by atoms with E-state index in [2.05, 4.69) is 28.1 Å². The number of nitrogens with two attached hydrogens (primary N) is 1. The molecule has 0 spiro atoms. The fraction of sp³-hybridized carbons (Fsp3) is 0.300. The first-order valence-corrected chi connectivity index (χ1v) is 8.74. The number of carbonyl (C=O) groups is 1. The molecule has 4 rings (SSSR count). The number of aromatic nitrogens is 2. The van der Waals surface area contributed by atoms with Crippen LogP contribution in [0.2, 0.25) is 0 Å². The van der Waals surface area contributed by atoms with Crippen LogP contribution in [0.25, 0.3) is 22.2 Å². The minimum absolute atomic E-state index is 0.500. The van der Waals surface area contributed by atoms with E-state index in [0.717, 1.165) is 41.6 Å². The van der Waals surface area contributed by atoms with Crippen molar-refractivity contribution < 1.29 is 9.18 Å². The maximum atomic E-state index is 13.6. The molecule has 133 valence electrons. The topological polar surface area (TPSA) is 64.2 Å². The number of hydrogen-bond acceptors (Lipinski definition) is 3. The first kappa shape index (κ1) is 16.7. The van der Waals surface area contributed by atoms with Crippen LogP contribution < -0.4 is 5.73 Å². The van der Waals surface area contributed by atoms with Crippen LogP contribution in [0.1, 0.15) is 18.4 Å². The molecule has 0 saturated carbocycles. The highest BCUT2D eigenvalue weighted by atomic mass is 19.1. The van der Waals surface area contributed by atoms with Gasteiger partial charge in [-0.05, 0) is 42.6 Å². The number of amides is 1. The van der Waals surface area contributed by atoms with Crippen LogP contribution in [0.15, 0.2) is 42.7 Å². The Kier molecular flexibility index (Phi) is 4.42. The molecule has 6 heteroatoms. The monoisotopic (exact) mass is 351 g/mol. The van der Waals surface area contributed by atoms with E-state index in [9.17, 15) is 9.18 Å². The largest absolute Gasteiger partial charge is 0.351 e. The van der Waals surface area contributed by atoms with Gasteiger partial charge >= 0.3 is 6.03 Å². The Morgan fingerprint density at radius 2 is 2.23 bits per heavy atom. The molecule has 1 aromatic carbocycles. The van der Waals surface area contributed by atoms with E-state index >= 15 is 0 Å². The lowest BCUT2D eigenvalue weighted by Gasteiger charge is -2.28. The van der Waals surface area contributed by atoms with Gasteiger partial charge in [0, 0.05) is 42.5 Å². The Morgan fingerprint density at radius 3 is 3.04 bits per heavy atom. The summed E-state index contributed by atoms with van der Waals surface area (Å²) in [5.41, 5.74) is 8.95. The van der Waals surface area contributed by atoms with E-state index in [-0.39, 0.29) is 0 Å².